The average molecular weight is 229 g/mol. The Morgan fingerprint density at radius 1 is 1.50 bits per heavy atom. The quantitative estimate of drug-likeness (QED) is 0.635. The largest absolute Gasteiger partial charge is 0.481 e. The molecule has 0 aliphatic carbocycles. The Hall–Kier alpha value is -1.14. The van der Waals surface area contributed by atoms with Crippen LogP contribution in [0.15, 0.2) is 0 Å². The van der Waals surface area contributed by atoms with E-state index in [2.05, 4.69) is 5.32 Å². The lowest BCUT2D eigenvalue weighted by Gasteiger charge is -2.36. The molecule has 16 heavy (non-hydrogen) atoms. The Morgan fingerprint density at radius 3 is 2.75 bits per heavy atom. The Balaban J connectivity index is 2.56. The van der Waals surface area contributed by atoms with Crippen LogP contribution in [-0.2, 0) is 9.59 Å². The van der Waals surface area contributed by atoms with Crippen LogP contribution in [0.4, 0.5) is 0 Å². The van der Waals surface area contributed by atoms with Crippen molar-refractivity contribution in [2.45, 2.75) is 12.5 Å². The SMILES string of the molecule is CN(C)C(=O)C1CNCCN1CCC(=O)O. The molecule has 1 atom stereocenters. The summed E-state index contributed by atoms with van der Waals surface area (Å²) in [6, 6.07) is -0.233. The van der Waals surface area contributed by atoms with E-state index in [1.54, 1.807) is 19.0 Å². The van der Waals surface area contributed by atoms with Crippen molar-refractivity contribution in [3.05, 3.63) is 0 Å². The molecule has 92 valence electrons. The molecule has 0 radical (unpaired) electrons. The van der Waals surface area contributed by atoms with Crippen molar-refractivity contribution in [3.8, 4) is 0 Å². The Labute approximate surface area is 95.2 Å². The van der Waals surface area contributed by atoms with Gasteiger partial charge in [-0.25, -0.2) is 0 Å². The third-order valence-electron chi connectivity index (χ3n) is 2.69. The van der Waals surface area contributed by atoms with Gasteiger partial charge >= 0.3 is 5.97 Å². The number of carbonyl (C=O) groups excluding carboxylic acids is 1. The van der Waals surface area contributed by atoms with Crippen molar-refractivity contribution in [2.75, 3.05) is 40.3 Å². The molecule has 1 rings (SSSR count). The summed E-state index contributed by atoms with van der Waals surface area (Å²) < 4.78 is 0. The fourth-order valence-electron chi connectivity index (χ4n) is 1.79. The highest BCUT2D eigenvalue weighted by Crippen LogP contribution is 2.06. The van der Waals surface area contributed by atoms with E-state index in [0.29, 0.717) is 13.1 Å². The van der Waals surface area contributed by atoms with Crippen LogP contribution in [0.25, 0.3) is 0 Å². The van der Waals surface area contributed by atoms with E-state index in [1.165, 1.54) is 0 Å². The van der Waals surface area contributed by atoms with Gasteiger partial charge in [-0.2, -0.15) is 0 Å². The molecule has 0 saturated carbocycles. The van der Waals surface area contributed by atoms with Crippen LogP contribution in [0.3, 0.4) is 0 Å². The van der Waals surface area contributed by atoms with Crippen LogP contribution in [0.1, 0.15) is 6.42 Å². The molecule has 1 aliphatic rings. The number of rotatable bonds is 4. The molecule has 1 unspecified atom stereocenters. The molecular formula is C10H19N3O3. The zero-order chi connectivity index (χ0) is 12.1. The van der Waals surface area contributed by atoms with Gasteiger partial charge in [-0.15, -0.1) is 0 Å². The van der Waals surface area contributed by atoms with Crippen LogP contribution < -0.4 is 5.32 Å². The number of amides is 1. The molecule has 0 aromatic rings. The summed E-state index contributed by atoms with van der Waals surface area (Å²) in [7, 11) is 3.43. The first-order chi connectivity index (χ1) is 7.52. The topological polar surface area (TPSA) is 72.9 Å². The molecular weight excluding hydrogens is 210 g/mol. The maximum Gasteiger partial charge on any atom is 0.304 e. The molecule has 0 aromatic carbocycles. The summed E-state index contributed by atoms with van der Waals surface area (Å²) in [6.45, 7) is 2.55. The van der Waals surface area contributed by atoms with Gasteiger partial charge in [0.2, 0.25) is 5.91 Å². The number of likely N-dealkylation sites (N-methyl/N-ethyl adjacent to an activating group) is 1. The minimum absolute atomic E-state index is 0.0255. The van der Waals surface area contributed by atoms with E-state index in [1.807, 2.05) is 4.90 Å². The predicted octanol–water partition coefficient (Wildman–Crippen LogP) is -1.18. The highest BCUT2D eigenvalue weighted by Gasteiger charge is 2.29. The number of aliphatic carboxylic acids is 1. The monoisotopic (exact) mass is 229 g/mol. The zero-order valence-electron chi connectivity index (χ0n) is 9.77. The number of nitrogens with zero attached hydrogens (tertiary/aromatic N) is 2. The second-order valence-electron chi connectivity index (χ2n) is 4.13. The first-order valence-corrected chi connectivity index (χ1v) is 5.40. The lowest BCUT2D eigenvalue weighted by molar-refractivity contribution is -0.140. The van der Waals surface area contributed by atoms with Gasteiger partial charge in [-0.1, -0.05) is 0 Å². The van der Waals surface area contributed by atoms with Gasteiger partial charge in [0.05, 0.1) is 6.42 Å². The molecule has 6 nitrogen and oxygen atoms in total. The highest BCUT2D eigenvalue weighted by atomic mass is 16.4. The summed E-state index contributed by atoms with van der Waals surface area (Å²) in [5.41, 5.74) is 0. The Bertz CT molecular complexity index is 268. The first kappa shape index (κ1) is 12.9. The number of carboxylic acids is 1. The van der Waals surface area contributed by atoms with Gasteiger partial charge in [0, 0.05) is 40.3 Å². The van der Waals surface area contributed by atoms with Crippen molar-refractivity contribution in [3.63, 3.8) is 0 Å². The summed E-state index contributed by atoms with van der Waals surface area (Å²) in [5.74, 6) is -0.799. The molecule has 0 spiro atoms. The molecule has 1 aliphatic heterocycles. The van der Waals surface area contributed by atoms with Crippen molar-refractivity contribution in [1.82, 2.24) is 15.1 Å². The van der Waals surface area contributed by atoms with Gasteiger partial charge < -0.3 is 15.3 Å². The zero-order valence-corrected chi connectivity index (χ0v) is 9.77. The number of carboxylic acid groups (broad SMARTS) is 1. The van der Waals surface area contributed by atoms with Crippen molar-refractivity contribution in [2.24, 2.45) is 0 Å². The smallest absolute Gasteiger partial charge is 0.304 e. The summed E-state index contributed by atoms with van der Waals surface area (Å²) in [6.07, 6.45) is 0.0806. The van der Waals surface area contributed by atoms with Crippen LogP contribution in [0.5, 0.6) is 0 Å². The third kappa shape index (κ3) is 3.46. The van der Waals surface area contributed by atoms with E-state index in [9.17, 15) is 9.59 Å². The number of hydrogen-bond donors (Lipinski definition) is 2. The second kappa shape index (κ2) is 5.81. The van der Waals surface area contributed by atoms with E-state index in [0.717, 1.165) is 13.1 Å². The van der Waals surface area contributed by atoms with Crippen molar-refractivity contribution in [1.29, 1.82) is 0 Å². The standard InChI is InChI=1S/C10H19N3O3/c1-12(2)10(16)8-7-11-4-6-13(8)5-3-9(14)15/h8,11H,3-7H2,1-2H3,(H,14,15). The van der Waals surface area contributed by atoms with Gasteiger partial charge in [0.1, 0.15) is 6.04 Å². The predicted molar refractivity (Wildman–Crippen MR) is 59.2 cm³/mol. The van der Waals surface area contributed by atoms with Crippen LogP contribution in [0, 0.1) is 0 Å². The van der Waals surface area contributed by atoms with E-state index in [4.69, 9.17) is 5.11 Å². The third-order valence-corrected chi connectivity index (χ3v) is 2.69. The first-order valence-electron chi connectivity index (χ1n) is 5.40. The molecule has 1 heterocycles. The van der Waals surface area contributed by atoms with Crippen molar-refractivity contribution < 1.29 is 14.7 Å². The van der Waals surface area contributed by atoms with E-state index >= 15 is 0 Å². The molecule has 1 fully saturated rings. The molecule has 1 amide bonds. The van der Waals surface area contributed by atoms with Gasteiger partial charge in [0.25, 0.3) is 0 Å². The lowest BCUT2D eigenvalue weighted by Crippen LogP contribution is -2.57. The van der Waals surface area contributed by atoms with Gasteiger partial charge in [0.15, 0.2) is 0 Å². The van der Waals surface area contributed by atoms with Crippen LogP contribution in [-0.4, -0.2) is 73.1 Å². The Morgan fingerprint density at radius 2 is 2.19 bits per heavy atom. The average Bonchev–Trinajstić information content (AvgIpc) is 2.25. The lowest BCUT2D eigenvalue weighted by atomic mass is 10.1. The van der Waals surface area contributed by atoms with Gasteiger partial charge in [-0.3, -0.25) is 14.5 Å². The summed E-state index contributed by atoms with van der Waals surface area (Å²) >= 11 is 0. The fraction of sp³-hybridized carbons (Fsp3) is 0.800. The highest BCUT2D eigenvalue weighted by molar-refractivity contribution is 5.81. The second-order valence-corrected chi connectivity index (χ2v) is 4.13. The van der Waals surface area contributed by atoms with Crippen molar-refractivity contribution >= 4 is 11.9 Å². The van der Waals surface area contributed by atoms with E-state index < -0.39 is 5.97 Å². The molecule has 0 bridgehead atoms. The minimum Gasteiger partial charge on any atom is -0.481 e. The van der Waals surface area contributed by atoms with Crippen LogP contribution >= 0.6 is 0 Å². The number of carbonyl (C=O) groups is 2. The van der Waals surface area contributed by atoms with E-state index in [-0.39, 0.29) is 18.4 Å². The molecule has 0 aromatic heterocycles. The number of piperazine rings is 1. The molecule has 1 saturated heterocycles. The van der Waals surface area contributed by atoms with Crippen LogP contribution in [0.2, 0.25) is 0 Å². The maximum absolute atomic E-state index is 11.8. The summed E-state index contributed by atoms with van der Waals surface area (Å²) in [5, 5.41) is 11.8. The maximum atomic E-state index is 11.8. The molecule has 6 heteroatoms. The fourth-order valence-corrected chi connectivity index (χ4v) is 1.79. The minimum atomic E-state index is -0.824. The Kier molecular flexibility index (Phi) is 4.70. The summed E-state index contributed by atoms with van der Waals surface area (Å²) in [4.78, 5) is 25.8. The normalized spacial score (nSPS) is 21.8. The van der Waals surface area contributed by atoms with Gasteiger partial charge in [-0.05, 0) is 0 Å². The molecule has 2 N–H and O–H groups in total. The number of nitrogens with one attached hydrogen (secondary N) is 1. The number of hydrogen-bond acceptors (Lipinski definition) is 4.